The van der Waals surface area contributed by atoms with Gasteiger partial charge in [0.2, 0.25) is 0 Å². The van der Waals surface area contributed by atoms with E-state index in [9.17, 15) is 28.4 Å². The molecule has 212 valence electrons. The number of carbonyl (C=O) groups excluding carboxylic acids is 2. The minimum Gasteiger partial charge on any atom is -0.459 e. The van der Waals surface area contributed by atoms with Crippen LogP contribution >= 0.6 is 22.6 Å². The quantitative estimate of drug-likeness (QED) is 0.182. The minimum atomic E-state index is -1.07. The van der Waals surface area contributed by atoms with Crippen LogP contribution in [0.2, 0.25) is 0 Å². The molecular weight excluding hydrogens is 648 g/mol. The van der Waals surface area contributed by atoms with Gasteiger partial charge in [-0.05, 0) is 85.7 Å². The van der Waals surface area contributed by atoms with E-state index in [1.165, 1.54) is 47.4 Å². The van der Waals surface area contributed by atoms with Gasteiger partial charge in [-0.2, -0.15) is 0 Å². The largest absolute Gasteiger partial charge is 0.459 e. The monoisotopic (exact) mass is 673 g/mol. The standard InChI is InChI=1S/C28H25FIN5O6/c1-4-41-27(39)24(36)31-16-6-5-7-18(13-16)34-22-14(2)25(37)33(3)23(32-20-11-8-15(30)12-19(20)29)21(22)26(38)35(28(34)40)17-9-10-17/h5-8,11-13,17,32H,4,9-10H2,1-3H3,(H,31,36). The molecule has 13 heteroatoms. The molecule has 1 aliphatic rings. The second-order valence-corrected chi connectivity index (χ2v) is 10.8. The maximum absolute atomic E-state index is 14.9. The molecule has 41 heavy (non-hydrogen) atoms. The second kappa shape index (κ2) is 11.0. The van der Waals surface area contributed by atoms with Gasteiger partial charge in [0, 0.05) is 27.9 Å². The Morgan fingerprint density at radius 1 is 1.10 bits per heavy atom. The number of rotatable bonds is 6. The summed E-state index contributed by atoms with van der Waals surface area (Å²) in [6.45, 7) is 3.09. The molecule has 2 N–H and O–H groups in total. The van der Waals surface area contributed by atoms with Crippen molar-refractivity contribution in [2.24, 2.45) is 7.05 Å². The lowest BCUT2D eigenvalue weighted by molar-refractivity contribution is -0.152. The number of anilines is 3. The number of hydrogen-bond donors (Lipinski definition) is 2. The first-order chi connectivity index (χ1) is 19.5. The van der Waals surface area contributed by atoms with Crippen LogP contribution in [0.5, 0.6) is 0 Å². The van der Waals surface area contributed by atoms with Crippen LogP contribution in [-0.2, 0) is 21.4 Å². The van der Waals surface area contributed by atoms with E-state index in [0.717, 1.165) is 4.57 Å². The summed E-state index contributed by atoms with van der Waals surface area (Å²) in [5.41, 5.74) is -1.15. The summed E-state index contributed by atoms with van der Waals surface area (Å²) in [5, 5.41) is 5.37. The Balaban J connectivity index is 1.80. The topological polar surface area (TPSA) is 133 Å². The zero-order valence-corrected chi connectivity index (χ0v) is 24.4. The van der Waals surface area contributed by atoms with Crippen molar-refractivity contribution in [3.8, 4) is 5.69 Å². The van der Waals surface area contributed by atoms with Crippen LogP contribution < -0.4 is 27.4 Å². The highest BCUT2D eigenvalue weighted by atomic mass is 127. The molecule has 4 aromatic rings. The van der Waals surface area contributed by atoms with Crippen molar-refractivity contribution >= 4 is 62.6 Å². The molecule has 5 rings (SSSR count). The fourth-order valence-corrected chi connectivity index (χ4v) is 5.13. The molecule has 1 amide bonds. The van der Waals surface area contributed by atoms with E-state index in [0.29, 0.717) is 16.4 Å². The van der Waals surface area contributed by atoms with Gasteiger partial charge in [0.15, 0.2) is 0 Å². The van der Waals surface area contributed by atoms with Crippen molar-refractivity contribution < 1.29 is 18.7 Å². The van der Waals surface area contributed by atoms with Gasteiger partial charge in [0.25, 0.3) is 11.1 Å². The van der Waals surface area contributed by atoms with Crippen LogP contribution in [0.3, 0.4) is 0 Å². The minimum absolute atomic E-state index is 0.0209. The zero-order chi connectivity index (χ0) is 29.6. The lowest BCUT2D eigenvalue weighted by Gasteiger charge is -2.21. The number of ether oxygens (including phenoxy) is 1. The molecule has 0 spiro atoms. The van der Waals surface area contributed by atoms with E-state index in [2.05, 4.69) is 10.6 Å². The average molecular weight is 673 g/mol. The molecule has 0 atom stereocenters. The highest BCUT2D eigenvalue weighted by Crippen LogP contribution is 2.34. The van der Waals surface area contributed by atoms with Crippen LogP contribution in [0.1, 0.15) is 31.4 Å². The molecule has 1 saturated carbocycles. The Labute approximate surface area is 245 Å². The number of hydrogen-bond acceptors (Lipinski definition) is 7. The Morgan fingerprint density at radius 2 is 1.83 bits per heavy atom. The predicted octanol–water partition coefficient (Wildman–Crippen LogP) is 3.48. The first-order valence-corrected chi connectivity index (χ1v) is 13.8. The predicted molar refractivity (Wildman–Crippen MR) is 160 cm³/mol. The number of nitrogens with one attached hydrogen (secondary N) is 2. The van der Waals surface area contributed by atoms with Gasteiger partial charge in [0.1, 0.15) is 17.0 Å². The summed E-state index contributed by atoms with van der Waals surface area (Å²) in [6, 6.07) is 10.2. The molecule has 0 bridgehead atoms. The Morgan fingerprint density at radius 3 is 2.49 bits per heavy atom. The average Bonchev–Trinajstić information content (AvgIpc) is 3.76. The van der Waals surface area contributed by atoms with Crippen molar-refractivity contribution in [1.82, 2.24) is 13.7 Å². The van der Waals surface area contributed by atoms with Gasteiger partial charge >= 0.3 is 17.6 Å². The summed E-state index contributed by atoms with van der Waals surface area (Å²) in [7, 11) is 1.46. The van der Waals surface area contributed by atoms with E-state index >= 15 is 0 Å². The summed E-state index contributed by atoms with van der Waals surface area (Å²) >= 11 is 1.97. The van der Waals surface area contributed by atoms with Gasteiger partial charge in [-0.15, -0.1) is 0 Å². The number of halogens is 2. The summed E-state index contributed by atoms with van der Waals surface area (Å²) in [4.78, 5) is 65.3. The molecule has 1 aliphatic carbocycles. The van der Waals surface area contributed by atoms with Gasteiger partial charge in [-0.25, -0.2) is 14.0 Å². The third kappa shape index (κ3) is 5.16. The first kappa shape index (κ1) is 28.3. The number of amides is 1. The van der Waals surface area contributed by atoms with Crippen molar-refractivity contribution in [3.05, 3.63) is 88.6 Å². The number of nitrogens with zero attached hydrogens (tertiary/aromatic N) is 3. The molecule has 2 heterocycles. The highest BCUT2D eigenvalue weighted by Gasteiger charge is 2.31. The maximum Gasteiger partial charge on any atom is 0.397 e. The fraction of sp³-hybridized carbons (Fsp3) is 0.250. The van der Waals surface area contributed by atoms with E-state index in [1.807, 2.05) is 22.6 Å². The van der Waals surface area contributed by atoms with Crippen molar-refractivity contribution in [2.45, 2.75) is 32.7 Å². The fourth-order valence-electron chi connectivity index (χ4n) is 4.68. The molecular formula is C28H25FIN5O6. The van der Waals surface area contributed by atoms with Crippen molar-refractivity contribution in [3.63, 3.8) is 0 Å². The molecule has 1 fully saturated rings. The van der Waals surface area contributed by atoms with Crippen LogP contribution in [0.4, 0.5) is 21.6 Å². The third-order valence-corrected chi connectivity index (χ3v) is 7.43. The normalized spacial score (nSPS) is 12.8. The van der Waals surface area contributed by atoms with E-state index in [-0.39, 0.29) is 52.0 Å². The molecule has 0 aliphatic heterocycles. The number of benzene rings is 2. The first-order valence-electron chi connectivity index (χ1n) is 12.7. The highest BCUT2D eigenvalue weighted by molar-refractivity contribution is 14.1. The molecule has 0 unspecified atom stereocenters. The number of pyridine rings is 1. The van der Waals surface area contributed by atoms with E-state index in [4.69, 9.17) is 4.74 Å². The molecule has 2 aromatic heterocycles. The molecule has 2 aromatic carbocycles. The smallest absolute Gasteiger partial charge is 0.397 e. The van der Waals surface area contributed by atoms with Crippen LogP contribution in [0.15, 0.2) is 56.8 Å². The van der Waals surface area contributed by atoms with Crippen molar-refractivity contribution in [2.75, 3.05) is 17.2 Å². The number of esters is 1. The third-order valence-electron chi connectivity index (χ3n) is 6.76. The van der Waals surface area contributed by atoms with Gasteiger partial charge in [0.05, 0.1) is 23.5 Å². The van der Waals surface area contributed by atoms with E-state index in [1.54, 1.807) is 25.1 Å². The number of carbonyl (C=O) groups is 2. The van der Waals surface area contributed by atoms with Crippen LogP contribution in [-0.4, -0.2) is 32.2 Å². The summed E-state index contributed by atoms with van der Waals surface area (Å²) in [5.74, 6) is -2.63. The van der Waals surface area contributed by atoms with Gasteiger partial charge in [-0.1, -0.05) is 6.07 Å². The number of fused-ring (bicyclic) bond motifs is 1. The van der Waals surface area contributed by atoms with Crippen LogP contribution in [0.25, 0.3) is 16.6 Å². The Hall–Kier alpha value is -4.27. The number of aromatic nitrogens is 3. The lowest BCUT2D eigenvalue weighted by atomic mass is 10.1. The van der Waals surface area contributed by atoms with E-state index < -0.39 is 34.5 Å². The molecule has 0 radical (unpaired) electrons. The lowest BCUT2D eigenvalue weighted by Crippen LogP contribution is -2.41. The summed E-state index contributed by atoms with van der Waals surface area (Å²) in [6.07, 6.45) is 1.24. The molecule has 11 nitrogen and oxygen atoms in total. The number of aryl methyl sites for hydroxylation is 1. The SMILES string of the molecule is CCOC(=O)C(=O)Nc1cccc(-n2c(=O)n(C3CC3)c(=O)c3c(Nc4ccc(I)cc4F)n(C)c(=O)c(C)c32)c1. The Bertz CT molecular complexity index is 1920. The van der Waals surface area contributed by atoms with Crippen LogP contribution in [0, 0.1) is 16.3 Å². The molecule has 0 saturated heterocycles. The van der Waals surface area contributed by atoms with Crippen molar-refractivity contribution in [1.29, 1.82) is 0 Å². The maximum atomic E-state index is 14.9. The second-order valence-electron chi connectivity index (χ2n) is 9.56. The zero-order valence-electron chi connectivity index (χ0n) is 22.3. The van der Waals surface area contributed by atoms with Gasteiger partial charge < -0.3 is 15.4 Å². The summed E-state index contributed by atoms with van der Waals surface area (Å²) < 4.78 is 23.9. The van der Waals surface area contributed by atoms with Gasteiger partial charge in [-0.3, -0.25) is 28.1 Å². The Kier molecular flexibility index (Phi) is 7.55.